The van der Waals surface area contributed by atoms with Crippen molar-refractivity contribution in [3.63, 3.8) is 0 Å². The second kappa shape index (κ2) is 8.58. The Bertz CT molecular complexity index is 1440. The summed E-state index contributed by atoms with van der Waals surface area (Å²) in [6.45, 7) is 2.81. The summed E-state index contributed by atoms with van der Waals surface area (Å²) >= 11 is 0. The van der Waals surface area contributed by atoms with E-state index in [2.05, 4.69) is 41.5 Å². The number of hydrazone groups is 1. The molecular weight excluding hydrogens is 464 g/mol. The predicted octanol–water partition coefficient (Wildman–Crippen LogP) is 5.20. The molecule has 0 radical (unpaired) electrons. The number of carbonyl (C=O) groups is 2. The van der Waals surface area contributed by atoms with Gasteiger partial charge in [0.05, 0.1) is 24.7 Å². The van der Waals surface area contributed by atoms with Crippen LogP contribution >= 0.6 is 0 Å². The van der Waals surface area contributed by atoms with Crippen molar-refractivity contribution in [1.29, 1.82) is 0 Å². The minimum Gasteiger partial charge on any atom is -0.490 e. The molecule has 5 aliphatic rings. The van der Waals surface area contributed by atoms with E-state index in [1.807, 2.05) is 43.3 Å². The maximum atomic E-state index is 13.2. The van der Waals surface area contributed by atoms with Crippen molar-refractivity contribution in [2.75, 3.05) is 6.61 Å². The van der Waals surface area contributed by atoms with E-state index in [4.69, 9.17) is 9.47 Å². The Kier molecular flexibility index (Phi) is 5.17. The number of benzene rings is 3. The predicted molar refractivity (Wildman–Crippen MR) is 140 cm³/mol. The first kappa shape index (κ1) is 22.3. The Morgan fingerprint density at radius 1 is 0.892 bits per heavy atom. The maximum absolute atomic E-state index is 13.2. The van der Waals surface area contributed by atoms with Crippen LogP contribution in [0.2, 0.25) is 0 Å². The van der Waals surface area contributed by atoms with Crippen LogP contribution in [0.25, 0.3) is 10.8 Å². The van der Waals surface area contributed by atoms with Gasteiger partial charge in [-0.05, 0) is 77.1 Å². The number of rotatable bonds is 7. The van der Waals surface area contributed by atoms with Gasteiger partial charge in [0.1, 0.15) is 6.61 Å². The number of allylic oxidation sites excluding steroid dienone is 2. The van der Waals surface area contributed by atoms with E-state index in [1.165, 1.54) is 5.39 Å². The van der Waals surface area contributed by atoms with E-state index in [0.717, 1.165) is 27.9 Å². The zero-order valence-electron chi connectivity index (χ0n) is 20.6. The Labute approximate surface area is 215 Å². The molecule has 37 heavy (non-hydrogen) atoms. The number of amides is 2. The molecule has 3 fully saturated rings. The normalized spacial score (nSPS) is 29.2. The molecular formula is C31H28N2O4. The van der Waals surface area contributed by atoms with Crippen LogP contribution in [0.15, 0.2) is 77.9 Å². The first-order valence-electron chi connectivity index (χ1n) is 13.1. The van der Waals surface area contributed by atoms with E-state index < -0.39 is 0 Å². The summed E-state index contributed by atoms with van der Waals surface area (Å²) < 4.78 is 12.0. The van der Waals surface area contributed by atoms with E-state index in [-0.39, 0.29) is 35.5 Å². The van der Waals surface area contributed by atoms with Crippen molar-refractivity contribution in [3.8, 4) is 11.5 Å². The molecule has 2 bridgehead atoms. The third-order valence-corrected chi connectivity index (χ3v) is 8.49. The number of nitrogens with zero attached hydrogens (tertiary/aromatic N) is 2. The SMILES string of the molecule is CCOc1cc(C=NN2C(=O)C3C4C=CC(C5CC45)C3C2=O)ccc1OCc1cccc2ccccc12. The molecule has 3 aromatic rings. The van der Waals surface area contributed by atoms with Crippen molar-refractivity contribution in [2.45, 2.75) is 20.0 Å². The average molecular weight is 493 g/mol. The molecule has 1 heterocycles. The molecule has 1 saturated heterocycles. The molecule has 6 atom stereocenters. The highest BCUT2D eigenvalue weighted by atomic mass is 16.5. The average Bonchev–Trinajstić information content (AvgIpc) is 3.71. The number of imide groups is 1. The van der Waals surface area contributed by atoms with E-state index in [9.17, 15) is 9.59 Å². The van der Waals surface area contributed by atoms with Gasteiger partial charge in [-0.25, -0.2) is 0 Å². The number of ether oxygens (including phenoxy) is 2. The summed E-state index contributed by atoms with van der Waals surface area (Å²) in [7, 11) is 0. The van der Waals surface area contributed by atoms with Gasteiger partial charge in [-0.3, -0.25) is 9.59 Å². The lowest BCUT2D eigenvalue weighted by atomic mass is 9.63. The first-order chi connectivity index (χ1) is 18.1. The number of hydrogen-bond donors (Lipinski definition) is 0. The molecule has 2 amide bonds. The van der Waals surface area contributed by atoms with Gasteiger partial charge < -0.3 is 9.47 Å². The molecule has 186 valence electrons. The summed E-state index contributed by atoms with van der Waals surface area (Å²) in [4.78, 5) is 26.3. The van der Waals surface area contributed by atoms with Gasteiger partial charge in [0.2, 0.25) is 0 Å². The minimum atomic E-state index is -0.243. The fourth-order valence-corrected chi connectivity index (χ4v) is 6.75. The maximum Gasteiger partial charge on any atom is 0.254 e. The van der Waals surface area contributed by atoms with Crippen LogP contribution in [-0.4, -0.2) is 29.6 Å². The fourth-order valence-electron chi connectivity index (χ4n) is 6.75. The summed E-state index contributed by atoms with van der Waals surface area (Å²) in [6, 6.07) is 20.0. The molecule has 0 spiro atoms. The van der Waals surface area contributed by atoms with Gasteiger partial charge in [0.25, 0.3) is 11.8 Å². The van der Waals surface area contributed by atoms with Crippen molar-refractivity contribution in [1.82, 2.24) is 5.01 Å². The highest BCUT2D eigenvalue weighted by molar-refractivity contribution is 6.06. The lowest BCUT2D eigenvalue weighted by Gasteiger charge is -2.37. The van der Waals surface area contributed by atoms with Crippen LogP contribution in [-0.2, 0) is 16.2 Å². The summed E-state index contributed by atoms with van der Waals surface area (Å²) in [5.74, 6) is 1.97. The lowest BCUT2D eigenvalue weighted by Crippen LogP contribution is -2.40. The Hall–Kier alpha value is -3.93. The van der Waals surface area contributed by atoms with Crippen molar-refractivity contribution < 1.29 is 19.1 Å². The highest BCUT2D eigenvalue weighted by Gasteiger charge is 2.67. The molecule has 4 aliphatic carbocycles. The lowest BCUT2D eigenvalue weighted by molar-refractivity contribution is -0.140. The topological polar surface area (TPSA) is 68.2 Å². The van der Waals surface area contributed by atoms with Gasteiger partial charge in [-0.1, -0.05) is 54.6 Å². The molecule has 6 nitrogen and oxygen atoms in total. The fraction of sp³-hybridized carbons (Fsp3) is 0.323. The molecule has 2 saturated carbocycles. The van der Waals surface area contributed by atoms with Gasteiger partial charge in [-0.2, -0.15) is 10.1 Å². The molecule has 0 aromatic heterocycles. The van der Waals surface area contributed by atoms with Crippen LogP contribution in [0.5, 0.6) is 11.5 Å². The molecule has 6 heteroatoms. The second-order valence-corrected chi connectivity index (χ2v) is 10.5. The molecule has 6 unspecified atom stereocenters. The van der Waals surface area contributed by atoms with E-state index in [0.29, 0.717) is 36.5 Å². The van der Waals surface area contributed by atoms with Gasteiger partial charge in [-0.15, -0.1) is 0 Å². The Balaban J connectivity index is 1.10. The molecule has 3 aromatic carbocycles. The van der Waals surface area contributed by atoms with E-state index >= 15 is 0 Å². The number of carbonyl (C=O) groups excluding carboxylic acids is 2. The van der Waals surface area contributed by atoms with Crippen LogP contribution in [0.3, 0.4) is 0 Å². The quantitative estimate of drug-likeness (QED) is 0.258. The Morgan fingerprint density at radius 2 is 1.62 bits per heavy atom. The first-order valence-corrected chi connectivity index (χ1v) is 13.1. The standard InChI is InChI=1S/C31H28N2O4/c1-2-36-27-14-18(10-13-26(27)37-17-20-8-5-7-19-6-3-4-9-21(19)20)16-32-33-30(34)28-22-11-12-23(25-15-24(22)25)29(28)31(33)35/h3-14,16,22-25,28-29H,2,15,17H2,1H3. The second-order valence-electron chi connectivity index (χ2n) is 10.5. The summed E-state index contributed by atoms with van der Waals surface area (Å²) in [5.41, 5.74) is 1.83. The van der Waals surface area contributed by atoms with Crippen LogP contribution in [0, 0.1) is 35.5 Å². The molecule has 0 N–H and O–H groups in total. The van der Waals surface area contributed by atoms with Crippen molar-refractivity contribution >= 4 is 28.8 Å². The summed E-state index contributed by atoms with van der Waals surface area (Å²) in [6.07, 6.45) is 7.06. The molecule has 1 aliphatic heterocycles. The zero-order chi connectivity index (χ0) is 25.1. The van der Waals surface area contributed by atoms with Crippen LogP contribution in [0.1, 0.15) is 24.5 Å². The van der Waals surface area contributed by atoms with E-state index in [1.54, 1.807) is 6.21 Å². The van der Waals surface area contributed by atoms with Crippen LogP contribution < -0.4 is 9.47 Å². The zero-order valence-corrected chi connectivity index (χ0v) is 20.6. The smallest absolute Gasteiger partial charge is 0.254 e. The van der Waals surface area contributed by atoms with Gasteiger partial charge in [0.15, 0.2) is 11.5 Å². The van der Waals surface area contributed by atoms with Crippen molar-refractivity contribution in [3.05, 3.63) is 83.9 Å². The number of fused-ring (bicyclic) bond motifs is 1. The van der Waals surface area contributed by atoms with Gasteiger partial charge >= 0.3 is 0 Å². The van der Waals surface area contributed by atoms with Crippen LogP contribution in [0.4, 0.5) is 0 Å². The Morgan fingerprint density at radius 3 is 2.38 bits per heavy atom. The third-order valence-electron chi connectivity index (χ3n) is 8.49. The van der Waals surface area contributed by atoms with Gasteiger partial charge in [0, 0.05) is 0 Å². The minimum absolute atomic E-state index is 0.156. The van der Waals surface area contributed by atoms with Crippen molar-refractivity contribution in [2.24, 2.45) is 40.6 Å². The molecule has 8 rings (SSSR count). The third kappa shape index (κ3) is 3.57. The summed E-state index contributed by atoms with van der Waals surface area (Å²) in [5, 5.41) is 7.80. The highest BCUT2D eigenvalue weighted by Crippen LogP contribution is 2.65. The largest absolute Gasteiger partial charge is 0.490 e. The monoisotopic (exact) mass is 492 g/mol. The number of hydrogen-bond acceptors (Lipinski definition) is 5.